The molecule has 0 atom stereocenters. The van der Waals surface area contributed by atoms with Crippen molar-refractivity contribution < 1.29 is 9.63 Å². The fourth-order valence-corrected chi connectivity index (χ4v) is 2.21. The maximum atomic E-state index is 9.87. The SMILES string of the molecule is CCc1cccnc1-c1noc(-c2cc(Cl)ccc2O)n1. The molecule has 0 aliphatic carbocycles. The Balaban J connectivity index is 2.06. The second-order valence-electron chi connectivity index (χ2n) is 4.45. The van der Waals surface area contributed by atoms with Crippen LogP contribution in [0.2, 0.25) is 5.02 Å². The van der Waals surface area contributed by atoms with Gasteiger partial charge >= 0.3 is 0 Å². The number of rotatable bonds is 3. The monoisotopic (exact) mass is 301 g/mol. The third-order valence-corrected chi connectivity index (χ3v) is 3.33. The van der Waals surface area contributed by atoms with E-state index in [0.717, 1.165) is 12.0 Å². The minimum absolute atomic E-state index is 0.0336. The van der Waals surface area contributed by atoms with Gasteiger partial charge in [-0.1, -0.05) is 29.7 Å². The Kier molecular flexibility index (Phi) is 3.58. The first-order chi connectivity index (χ1) is 10.2. The van der Waals surface area contributed by atoms with E-state index in [0.29, 0.717) is 22.1 Å². The molecule has 0 radical (unpaired) electrons. The highest BCUT2D eigenvalue weighted by Gasteiger charge is 2.16. The predicted molar refractivity (Wildman–Crippen MR) is 79.0 cm³/mol. The van der Waals surface area contributed by atoms with Crippen molar-refractivity contribution in [3.8, 4) is 28.7 Å². The number of phenolic OH excluding ortho intramolecular Hbond substituents is 1. The summed E-state index contributed by atoms with van der Waals surface area (Å²) in [7, 11) is 0. The van der Waals surface area contributed by atoms with E-state index in [4.69, 9.17) is 16.1 Å². The molecule has 106 valence electrons. The third-order valence-electron chi connectivity index (χ3n) is 3.10. The van der Waals surface area contributed by atoms with Crippen LogP contribution in [0.1, 0.15) is 12.5 Å². The molecule has 2 aromatic heterocycles. The van der Waals surface area contributed by atoms with Gasteiger partial charge in [0.05, 0.1) is 5.56 Å². The predicted octanol–water partition coefficient (Wildman–Crippen LogP) is 3.72. The van der Waals surface area contributed by atoms with Crippen LogP contribution in [0.3, 0.4) is 0 Å². The molecular formula is C15H12ClN3O2. The number of benzene rings is 1. The van der Waals surface area contributed by atoms with E-state index in [1.165, 1.54) is 6.07 Å². The van der Waals surface area contributed by atoms with Crippen LogP contribution >= 0.6 is 11.6 Å². The highest BCUT2D eigenvalue weighted by atomic mass is 35.5. The van der Waals surface area contributed by atoms with Crippen LogP contribution in [0.25, 0.3) is 23.0 Å². The van der Waals surface area contributed by atoms with Crippen molar-refractivity contribution in [2.75, 3.05) is 0 Å². The number of aromatic nitrogens is 3. The second kappa shape index (κ2) is 5.54. The molecule has 0 aliphatic heterocycles. The van der Waals surface area contributed by atoms with E-state index in [-0.39, 0.29) is 11.6 Å². The largest absolute Gasteiger partial charge is 0.507 e. The molecule has 2 heterocycles. The summed E-state index contributed by atoms with van der Waals surface area (Å²) in [6.07, 6.45) is 2.50. The maximum Gasteiger partial charge on any atom is 0.262 e. The van der Waals surface area contributed by atoms with Gasteiger partial charge in [0.2, 0.25) is 5.82 Å². The Morgan fingerprint density at radius 3 is 2.95 bits per heavy atom. The normalized spacial score (nSPS) is 10.8. The number of pyridine rings is 1. The van der Waals surface area contributed by atoms with Gasteiger partial charge in [-0.3, -0.25) is 4.98 Å². The summed E-state index contributed by atoms with van der Waals surface area (Å²) in [5.41, 5.74) is 2.10. The van der Waals surface area contributed by atoms with Crippen molar-refractivity contribution in [2.24, 2.45) is 0 Å². The smallest absolute Gasteiger partial charge is 0.262 e. The fourth-order valence-electron chi connectivity index (χ4n) is 2.03. The summed E-state index contributed by atoms with van der Waals surface area (Å²) in [6, 6.07) is 8.49. The lowest BCUT2D eigenvalue weighted by molar-refractivity contribution is 0.425. The molecule has 5 nitrogen and oxygen atoms in total. The maximum absolute atomic E-state index is 9.87. The molecule has 0 amide bonds. The van der Waals surface area contributed by atoms with Gasteiger partial charge in [-0.05, 0) is 36.2 Å². The standard InChI is InChI=1S/C15H12ClN3O2/c1-2-9-4-3-7-17-13(9)14-18-15(21-19-14)11-8-10(16)5-6-12(11)20/h3-8,20H,2H2,1H3. The van der Waals surface area contributed by atoms with Gasteiger partial charge in [-0.15, -0.1) is 0 Å². The van der Waals surface area contributed by atoms with E-state index >= 15 is 0 Å². The van der Waals surface area contributed by atoms with Gasteiger partial charge in [-0.25, -0.2) is 0 Å². The first-order valence-electron chi connectivity index (χ1n) is 6.46. The Labute approximate surface area is 126 Å². The van der Waals surface area contributed by atoms with Gasteiger partial charge in [0, 0.05) is 11.2 Å². The van der Waals surface area contributed by atoms with Crippen molar-refractivity contribution >= 4 is 11.6 Å². The minimum Gasteiger partial charge on any atom is -0.507 e. The molecule has 1 N–H and O–H groups in total. The number of phenols is 1. The van der Waals surface area contributed by atoms with Crippen molar-refractivity contribution in [1.82, 2.24) is 15.1 Å². The summed E-state index contributed by atoms with van der Waals surface area (Å²) in [5, 5.41) is 14.3. The number of hydrogen-bond donors (Lipinski definition) is 1. The van der Waals surface area contributed by atoms with Crippen molar-refractivity contribution in [1.29, 1.82) is 0 Å². The highest BCUT2D eigenvalue weighted by molar-refractivity contribution is 6.30. The molecule has 6 heteroatoms. The number of aromatic hydroxyl groups is 1. The van der Waals surface area contributed by atoms with Gasteiger partial charge in [0.1, 0.15) is 11.4 Å². The van der Waals surface area contributed by atoms with Crippen molar-refractivity contribution in [3.63, 3.8) is 0 Å². The lowest BCUT2D eigenvalue weighted by Crippen LogP contribution is -1.92. The molecule has 3 aromatic rings. The Morgan fingerprint density at radius 1 is 1.29 bits per heavy atom. The lowest BCUT2D eigenvalue weighted by Gasteiger charge is -2.01. The van der Waals surface area contributed by atoms with Crippen molar-refractivity contribution in [2.45, 2.75) is 13.3 Å². The van der Waals surface area contributed by atoms with Crippen LogP contribution in [0, 0.1) is 0 Å². The molecule has 3 rings (SSSR count). The number of aryl methyl sites for hydroxylation is 1. The highest BCUT2D eigenvalue weighted by Crippen LogP contribution is 2.31. The molecular weight excluding hydrogens is 290 g/mol. The molecule has 0 saturated heterocycles. The summed E-state index contributed by atoms with van der Waals surface area (Å²) >= 11 is 5.92. The molecule has 1 aromatic carbocycles. The zero-order valence-electron chi connectivity index (χ0n) is 11.2. The van der Waals surface area contributed by atoms with Gasteiger partial charge < -0.3 is 9.63 Å². The molecule has 0 saturated carbocycles. The quantitative estimate of drug-likeness (QED) is 0.798. The first kappa shape index (κ1) is 13.6. The van der Waals surface area contributed by atoms with Crippen LogP contribution in [-0.2, 0) is 6.42 Å². The fraction of sp³-hybridized carbons (Fsp3) is 0.133. The third kappa shape index (κ3) is 2.60. The summed E-state index contributed by atoms with van der Waals surface area (Å²) < 4.78 is 5.22. The number of halogens is 1. The van der Waals surface area contributed by atoms with Crippen LogP contribution in [0.15, 0.2) is 41.1 Å². The average molecular weight is 302 g/mol. The topological polar surface area (TPSA) is 72.0 Å². The molecule has 0 fully saturated rings. The van der Waals surface area contributed by atoms with E-state index in [9.17, 15) is 5.11 Å². The number of hydrogen-bond acceptors (Lipinski definition) is 5. The first-order valence-corrected chi connectivity index (χ1v) is 6.83. The van der Waals surface area contributed by atoms with Gasteiger partial charge in [0.25, 0.3) is 5.89 Å². The average Bonchev–Trinajstić information content (AvgIpc) is 2.99. The van der Waals surface area contributed by atoms with E-state index < -0.39 is 0 Å². The van der Waals surface area contributed by atoms with Gasteiger partial charge in [0.15, 0.2) is 0 Å². The van der Waals surface area contributed by atoms with E-state index in [1.807, 2.05) is 19.1 Å². The van der Waals surface area contributed by atoms with Crippen LogP contribution in [0.5, 0.6) is 5.75 Å². The van der Waals surface area contributed by atoms with Crippen LogP contribution in [-0.4, -0.2) is 20.2 Å². The summed E-state index contributed by atoms with van der Waals surface area (Å²) in [5.74, 6) is 0.630. The molecule has 21 heavy (non-hydrogen) atoms. The molecule has 0 bridgehead atoms. The van der Waals surface area contributed by atoms with E-state index in [1.54, 1.807) is 18.3 Å². The van der Waals surface area contributed by atoms with Crippen LogP contribution < -0.4 is 0 Å². The molecule has 0 unspecified atom stereocenters. The Bertz CT molecular complexity index is 786. The van der Waals surface area contributed by atoms with Crippen molar-refractivity contribution in [3.05, 3.63) is 47.1 Å². The Morgan fingerprint density at radius 2 is 2.14 bits per heavy atom. The second-order valence-corrected chi connectivity index (χ2v) is 4.89. The Hall–Kier alpha value is -2.40. The summed E-state index contributed by atoms with van der Waals surface area (Å²) in [4.78, 5) is 8.60. The van der Waals surface area contributed by atoms with Crippen LogP contribution in [0.4, 0.5) is 0 Å². The lowest BCUT2D eigenvalue weighted by atomic mass is 10.1. The van der Waals surface area contributed by atoms with E-state index in [2.05, 4.69) is 15.1 Å². The molecule has 0 spiro atoms. The zero-order chi connectivity index (χ0) is 14.8. The minimum atomic E-state index is 0.0336. The zero-order valence-corrected chi connectivity index (χ0v) is 12.0. The summed E-state index contributed by atoms with van der Waals surface area (Å²) in [6.45, 7) is 2.03. The van der Waals surface area contributed by atoms with Gasteiger partial charge in [-0.2, -0.15) is 4.98 Å². The molecule has 0 aliphatic rings. The number of nitrogens with zero attached hydrogens (tertiary/aromatic N) is 3.